The third-order valence-electron chi connectivity index (χ3n) is 2.89. The van der Waals surface area contributed by atoms with Crippen LogP contribution in [0.2, 0.25) is 0 Å². The van der Waals surface area contributed by atoms with Gasteiger partial charge in [0, 0.05) is 6.42 Å². The average molecular weight is 293 g/mol. The second kappa shape index (κ2) is 8.73. The number of rotatable bonds is 6. The Hall–Kier alpha value is -2.37. The number of hydrogen-bond acceptors (Lipinski definition) is 5. The molecule has 0 aromatic heterocycles. The SMILES string of the molecule is CCOC(=O)N(C(=O)OC)C(CCC=O)c1ccccc1. The highest BCUT2D eigenvalue weighted by Crippen LogP contribution is 2.27. The minimum Gasteiger partial charge on any atom is -0.452 e. The second-order valence-electron chi connectivity index (χ2n) is 4.21. The molecule has 0 fully saturated rings. The molecular formula is C15H19NO5. The van der Waals surface area contributed by atoms with Gasteiger partial charge in [-0.15, -0.1) is 0 Å². The van der Waals surface area contributed by atoms with Crippen molar-refractivity contribution in [1.29, 1.82) is 0 Å². The molecule has 0 heterocycles. The maximum Gasteiger partial charge on any atom is 0.419 e. The van der Waals surface area contributed by atoms with E-state index in [4.69, 9.17) is 4.74 Å². The Kier molecular flexibility index (Phi) is 6.94. The van der Waals surface area contributed by atoms with Gasteiger partial charge >= 0.3 is 12.2 Å². The van der Waals surface area contributed by atoms with Crippen molar-refractivity contribution in [2.24, 2.45) is 0 Å². The highest BCUT2D eigenvalue weighted by atomic mass is 16.6. The molecule has 1 atom stereocenters. The Morgan fingerprint density at radius 2 is 1.90 bits per heavy atom. The van der Waals surface area contributed by atoms with Crippen molar-refractivity contribution in [2.75, 3.05) is 13.7 Å². The lowest BCUT2D eigenvalue weighted by Gasteiger charge is -2.28. The summed E-state index contributed by atoms with van der Waals surface area (Å²) in [5, 5.41) is 0. The van der Waals surface area contributed by atoms with Crippen molar-refractivity contribution in [1.82, 2.24) is 4.90 Å². The predicted molar refractivity (Wildman–Crippen MR) is 75.7 cm³/mol. The van der Waals surface area contributed by atoms with E-state index in [0.717, 1.165) is 16.7 Å². The number of carbonyl (C=O) groups excluding carboxylic acids is 3. The van der Waals surface area contributed by atoms with Crippen LogP contribution in [0.3, 0.4) is 0 Å². The van der Waals surface area contributed by atoms with Crippen molar-refractivity contribution in [3.05, 3.63) is 35.9 Å². The van der Waals surface area contributed by atoms with Crippen LogP contribution in [-0.2, 0) is 14.3 Å². The standard InChI is InChI=1S/C15H19NO5/c1-3-21-15(19)16(14(18)20-2)13(10-7-11-17)12-8-5-4-6-9-12/h4-6,8-9,11,13H,3,7,10H2,1-2H3. The zero-order chi connectivity index (χ0) is 15.7. The second-order valence-corrected chi connectivity index (χ2v) is 4.21. The third-order valence-corrected chi connectivity index (χ3v) is 2.89. The number of amides is 2. The number of benzene rings is 1. The summed E-state index contributed by atoms with van der Waals surface area (Å²) in [5.41, 5.74) is 0.734. The van der Waals surface area contributed by atoms with E-state index in [1.165, 1.54) is 7.11 Å². The molecule has 6 heteroatoms. The van der Waals surface area contributed by atoms with Gasteiger partial charge in [0.25, 0.3) is 0 Å². The molecular weight excluding hydrogens is 274 g/mol. The first kappa shape index (κ1) is 16.7. The molecule has 21 heavy (non-hydrogen) atoms. The van der Waals surface area contributed by atoms with Crippen molar-refractivity contribution in [3.8, 4) is 0 Å². The lowest BCUT2D eigenvalue weighted by atomic mass is 10.0. The van der Waals surface area contributed by atoms with Gasteiger partial charge in [-0.3, -0.25) is 0 Å². The van der Waals surface area contributed by atoms with Crippen LogP contribution in [-0.4, -0.2) is 37.1 Å². The molecule has 0 saturated carbocycles. The maximum atomic E-state index is 12.0. The van der Waals surface area contributed by atoms with Gasteiger partial charge in [-0.2, -0.15) is 0 Å². The first-order valence-electron chi connectivity index (χ1n) is 6.68. The fourth-order valence-corrected chi connectivity index (χ4v) is 1.97. The summed E-state index contributed by atoms with van der Waals surface area (Å²) in [6, 6.07) is 8.37. The van der Waals surface area contributed by atoms with Crippen LogP contribution in [0.1, 0.15) is 31.4 Å². The summed E-state index contributed by atoms with van der Waals surface area (Å²) in [6.07, 6.45) is -0.331. The monoisotopic (exact) mass is 293 g/mol. The smallest absolute Gasteiger partial charge is 0.419 e. The zero-order valence-corrected chi connectivity index (χ0v) is 12.2. The maximum absolute atomic E-state index is 12.0. The lowest BCUT2D eigenvalue weighted by molar-refractivity contribution is -0.108. The molecule has 0 aliphatic heterocycles. The van der Waals surface area contributed by atoms with Gasteiger partial charge in [-0.1, -0.05) is 30.3 Å². The molecule has 1 unspecified atom stereocenters. The Bertz CT molecular complexity index is 474. The molecule has 0 aliphatic rings. The fourth-order valence-electron chi connectivity index (χ4n) is 1.97. The van der Waals surface area contributed by atoms with Gasteiger partial charge in [0.15, 0.2) is 0 Å². The first-order chi connectivity index (χ1) is 10.2. The van der Waals surface area contributed by atoms with Gasteiger partial charge in [-0.25, -0.2) is 14.5 Å². The normalized spacial score (nSPS) is 11.3. The molecule has 0 N–H and O–H groups in total. The minimum atomic E-state index is -0.812. The molecule has 0 saturated heterocycles. The highest BCUT2D eigenvalue weighted by molar-refractivity contribution is 5.88. The molecule has 0 bridgehead atoms. The molecule has 1 aromatic rings. The summed E-state index contributed by atoms with van der Waals surface area (Å²) in [5.74, 6) is 0. The third kappa shape index (κ3) is 4.59. The Labute approximate surface area is 123 Å². The largest absolute Gasteiger partial charge is 0.452 e. The van der Waals surface area contributed by atoms with Gasteiger partial charge in [0.2, 0.25) is 0 Å². The summed E-state index contributed by atoms with van der Waals surface area (Å²) in [6.45, 7) is 1.79. The zero-order valence-electron chi connectivity index (χ0n) is 12.2. The Morgan fingerprint density at radius 1 is 1.24 bits per heavy atom. The minimum absolute atomic E-state index is 0.140. The number of methoxy groups -OCH3 is 1. The Morgan fingerprint density at radius 3 is 2.43 bits per heavy atom. The summed E-state index contributed by atoms with van der Waals surface area (Å²) < 4.78 is 9.57. The molecule has 2 amide bonds. The molecule has 114 valence electrons. The number of nitrogens with zero attached hydrogens (tertiary/aromatic N) is 1. The number of aldehydes is 1. The molecule has 0 radical (unpaired) electrons. The van der Waals surface area contributed by atoms with Crippen molar-refractivity contribution >= 4 is 18.5 Å². The van der Waals surface area contributed by atoms with E-state index in [2.05, 4.69) is 4.74 Å². The van der Waals surface area contributed by atoms with Gasteiger partial charge in [0.05, 0.1) is 19.8 Å². The Balaban J connectivity index is 3.13. The molecule has 0 spiro atoms. The van der Waals surface area contributed by atoms with Crippen molar-refractivity contribution in [3.63, 3.8) is 0 Å². The van der Waals surface area contributed by atoms with Gasteiger partial charge in [0.1, 0.15) is 6.29 Å². The van der Waals surface area contributed by atoms with Crippen molar-refractivity contribution < 1.29 is 23.9 Å². The van der Waals surface area contributed by atoms with Crippen LogP contribution in [0.5, 0.6) is 0 Å². The van der Waals surface area contributed by atoms with E-state index in [9.17, 15) is 14.4 Å². The van der Waals surface area contributed by atoms with Crippen LogP contribution in [0, 0.1) is 0 Å². The summed E-state index contributed by atoms with van der Waals surface area (Å²) >= 11 is 0. The average Bonchev–Trinajstić information content (AvgIpc) is 2.51. The first-order valence-corrected chi connectivity index (χ1v) is 6.68. The van der Waals surface area contributed by atoms with Crippen LogP contribution in [0.15, 0.2) is 30.3 Å². The van der Waals surface area contributed by atoms with E-state index in [1.54, 1.807) is 31.2 Å². The number of hydrogen-bond donors (Lipinski definition) is 0. The number of carbonyl (C=O) groups is 3. The summed E-state index contributed by atoms with van der Waals surface area (Å²) in [7, 11) is 1.19. The summed E-state index contributed by atoms with van der Waals surface area (Å²) in [4.78, 5) is 35.5. The topological polar surface area (TPSA) is 72.9 Å². The van der Waals surface area contributed by atoms with Crippen LogP contribution < -0.4 is 0 Å². The fraction of sp³-hybridized carbons (Fsp3) is 0.400. The van der Waals surface area contributed by atoms with E-state index in [0.29, 0.717) is 6.42 Å². The lowest BCUT2D eigenvalue weighted by Crippen LogP contribution is -2.40. The van der Waals surface area contributed by atoms with E-state index >= 15 is 0 Å². The number of imide groups is 1. The van der Waals surface area contributed by atoms with Crippen LogP contribution >= 0.6 is 0 Å². The predicted octanol–water partition coefficient (Wildman–Crippen LogP) is 2.93. The van der Waals surface area contributed by atoms with Gasteiger partial charge < -0.3 is 14.3 Å². The van der Waals surface area contributed by atoms with E-state index in [1.807, 2.05) is 6.07 Å². The quantitative estimate of drug-likeness (QED) is 0.754. The highest BCUT2D eigenvalue weighted by Gasteiger charge is 2.32. The molecule has 1 aromatic carbocycles. The molecule has 0 aliphatic carbocycles. The van der Waals surface area contributed by atoms with E-state index < -0.39 is 18.2 Å². The van der Waals surface area contributed by atoms with Crippen LogP contribution in [0.25, 0.3) is 0 Å². The number of ether oxygens (including phenoxy) is 2. The van der Waals surface area contributed by atoms with Gasteiger partial charge in [-0.05, 0) is 18.9 Å². The van der Waals surface area contributed by atoms with Crippen molar-refractivity contribution in [2.45, 2.75) is 25.8 Å². The molecule has 6 nitrogen and oxygen atoms in total. The van der Waals surface area contributed by atoms with Crippen LogP contribution in [0.4, 0.5) is 9.59 Å². The molecule has 1 rings (SSSR count). The van der Waals surface area contributed by atoms with E-state index in [-0.39, 0.29) is 13.0 Å².